The Morgan fingerprint density at radius 1 is 0.692 bits per heavy atom. The molecule has 2 heteroatoms. The van der Waals surface area contributed by atoms with Crippen molar-refractivity contribution in [2.24, 2.45) is 0 Å². The summed E-state index contributed by atoms with van der Waals surface area (Å²) in [5.74, 6) is 1.01. The first-order chi connectivity index (χ1) is 12.5. The number of phenolic OH excluding ortho intramolecular Hbond substituents is 2. The van der Waals surface area contributed by atoms with E-state index in [9.17, 15) is 10.2 Å². The Morgan fingerprint density at radius 3 is 1.62 bits per heavy atom. The van der Waals surface area contributed by atoms with Crippen LogP contribution in [0.3, 0.4) is 0 Å². The van der Waals surface area contributed by atoms with Crippen molar-refractivity contribution in [3.63, 3.8) is 0 Å². The highest BCUT2D eigenvalue weighted by molar-refractivity contribution is 5.43. The second-order valence-corrected chi connectivity index (χ2v) is 7.55. The van der Waals surface area contributed by atoms with Crippen molar-refractivity contribution in [2.75, 3.05) is 0 Å². The molecule has 0 bridgehead atoms. The second-order valence-electron chi connectivity index (χ2n) is 7.55. The molecule has 0 fully saturated rings. The van der Waals surface area contributed by atoms with E-state index in [0.717, 1.165) is 17.5 Å². The summed E-state index contributed by atoms with van der Waals surface area (Å²) in [6, 6.07) is 11.9. The molecule has 2 aromatic rings. The van der Waals surface area contributed by atoms with Crippen LogP contribution in [0, 0.1) is 13.8 Å². The molecule has 0 heterocycles. The van der Waals surface area contributed by atoms with Crippen LogP contribution >= 0.6 is 0 Å². The Hall–Kier alpha value is -1.96. The van der Waals surface area contributed by atoms with E-state index in [4.69, 9.17) is 0 Å². The Morgan fingerprint density at radius 2 is 1.15 bits per heavy atom. The van der Waals surface area contributed by atoms with Crippen molar-refractivity contribution in [3.8, 4) is 11.5 Å². The third-order valence-electron chi connectivity index (χ3n) is 5.34. The van der Waals surface area contributed by atoms with Crippen molar-refractivity contribution in [1.82, 2.24) is 0 Å². The lowest BCUT2D eigenvalue weighted by molar-refractivity contribution is 0.470. The fourth-order valence-electron chi connectivity index (χ4n) is 3.62. The molecule has 0 aliphatic carbocycles. The zero-order chi connectivity index (χ0) is 18.9. The van der Waals surface area contributed by atoms with Crippen LogP contribution in [-0.4, -0.2) is 10.2 Å². The zero-order valence-corrected chi connectivity index (χ0v) is 16.6. The molecule has 142 valence electrons. The Balaban J connectivity index is 2.08. The molecule has 0 amide bonds. The average Bonchev–Trinajstić information content (AvgIpc) is 2.62. The SMILES string of the molecule is CCCCCCCCCC(c1ccc(O)c(C)c1)c1ccc(O)c(C)c1. The fraction of sp³-hybridized carbons (Fsp3) is 0.500. The summed E-state index contributed by atoms with van der Waals surface area (Å²) in [4.78, 5) is 0. The van der Waals surface area contributed by atoms with Crippen molar-refractivity contribution in [1.29, 1.82) is 0 Å². The Kier molecular flexibility index (Phi) is 8.03. The summed E-state index contributed by atoms with van der Waals surface area (Å²) < 4.78 is 0. The van der Waals surface area contributed by atoms with E-state index in [0.29, 0.717) is 17.4 Å². The van der Waals surface area contributed by atoms with Gasteiger partial charge in [-0.15, -0.1) is 0 Å². The monoisotopic (exact) mass is 354 g/mol. The number of rotatable bonds is 10. The average molecular weight is 355 g/mol. The number of unbranched alkanes of at least 4 members (excludes halogenated alkanes) is 6. The highest BCUT2D eigenvalue weighted by atomic mass is 16.3. The maximum Gasteiger partial charge on any atom is 0.118 e. The highest BCUT2D eigenvalue weighted by Gasteiger charge is 2.16. The van der Waals surface area contributed by atoms with Gasteiger partial charge in [-0.1, -0.05) is 76.1 Å². The molecule has 2 rings (SSSR count). The van der Waals surface area contributed by atoms with Crippen LogP contribution in [0.4, 0.5) is 0 Å². The van der Waals surface area contributed by atoms with Gasteiger partial charge in [0.1, 0.15) is 11.5 Å². The molecule has 2 nitrogen and oxygen atoms in total. The smallest absolute Gasteiger partial charge is 0.118 e. The lowest BCUT2D eigenvalue weighted by Crippen LogP contribution is -2.02. The van der Waals surface area contributed by atoms with Gasteiger partial charge in [-0.2, -0.15) is 0 Å². The van der Waals surface area contributed by atoms with Gasteiger partial charge in [0.25, 0.3) is 0 Å². The second kappa shape index (κ2) is 10.3. The number of phenols is 2. The minimum absolute atomic E-state index is 0.309. The molecule has 0 aliphatic heterocycles. The largest absolute Gasteiger partial charge is 0.508 e. The molecule has 0 unspecified atom stereocenters. The number of aryl methyl sites for hydroxylation is 2. The van der Waals surface area contributed by atoms with Gasteiger partial charge in [0.2, 0.25) is 0 Å². The van der Waals surface area contributed by atoms with Crippen LogP contribution in [0.15, 0.2) is 36.4 Å². The van der Waals surface area contributed by atoms with Crippen molar-refractivity contribution in [2.45, 2.75) is 78.1 Å². The summed E-state index contributed by atoms with van der Waals surface area (Å²) in [5.41, 5.74) is 4.33. The summed E-state index contributed by atoms with van der Waals surface area (Å²) in [5, 5.41) is 19.7. The summed E-state index contributed by atoms with van der Waals surface area (Å²) in [6.07, 6.45) is 10.2. The number of hydrogen-bond donors (Lipinski definition) is 2. The van der Waals surface area contributed by atoms with Crippen LogP contribution in [0.1, 0.15) is 86.5 Å². The van der Waals surface area contributed by atoms with E-state index in [1.165, 1.54) is 56.1 Å². The van der Waals surface area contributed by atoms with E-state index >= 15 is 0 Å². The van der Waals surface area contributed by atoms with Crippen molar-refractivity contribution in [3.05, 3.63) is 58.7 Å². The number of hydrogen-bond acceptors (Lipinski definition) is 2. The number of aromatic hydroxyl groups is 2. The predicted molar refractivity (Wildman–Crippen MR) is 110 cm³/mol. The lowest BCUT2D eigenvalue weighted by Gasteiger charge is -2.20. The normalized spacial score (nSPS) is 11.2. The summed E-state index contributed by atoms with van der Waals surface area (Å²) in [6.45, 7) is 6.15. The Labute approximate surface area is 158 Å². The van der Waals surface area contributed by atoms with E-state index in [1.54, 1.807) is 12.1 Å². The molecule has 0 saturated heterocycles. The van der Waals surface area contributed by atoms with Gasteiger partial charge in [0.15, 0.2) is 0 Å². The van der Waals surface area contributed by atoms with Gasteiger partial charge >= 0.3 is 0 Å². The van der Waals surface area contributed by atoms with Gasteiger partial charge in [0.05, 0.1) is 0 Å². The summed E-state index contributed by atoms with van der Waals surface area (Å²) in [7, 11) is 0. The molecule has 2 aromatic carbocycles. The minimum Gasteiger partial charge on any atom is -0.508 e. The fourth-order valence-corrected chi connectivity index (χ4v) is 3.62. The van der Waals surface area contributed by atoms with Gasteiger partial charge in [-0.3, -0.25) is 0 Å². The zero-order valence-electron chi connectivity index (χ0n) is 16.6. The lowest BCUT2D eigenvalue weighted by atomic mass is 9.85. The molecule has 0 radical (unpaired) electrons. The van der Waals surface area contributed by atoms with Gasteiger partial charge in [0, 0.05) is 5.92 Å². The highest BCUT2D eigenvalue weighted by Crippen LogP contribution is 2.34. The maximum absolute atomic E-state index is 9.86. The van der Waals surface area contributed by atoms with Crippen LogP contribution in [0.2, 0.25) is 0 Å². The molecule has 0 aliphatic rings. The minimum atomic E-state index is 0.309. The third kappa shape index (κ3) is 5.79. The first kappa shape index (κ1) is 20.4. The van der Waals surface area contributed by atoms with Crippen molar-refractivity contribution < 1.29 is 10.2 Å². The molecule has 2 N–H and O–H groups in total. The Bertz CT molecular complexity index is 639. The number of benzene rings is 2. The standard InChI is InChI=1S/C24H34O2/c1-4-5-6-7-8-9-10-11-22(20-12-14-23(25)18(2)16-20)21-13-15-24(26)19(3)17-21/h12-17,22,25-26H,4-11H2,1-3H3. The molecule has 26 heavy (non-hydrogen) atoms. The maximum atomic E-state index is 9.86. The molecule has 0 aromatic heterocycles. The van der Waals surface area contributed by atoms with E-state index in [-0.39, 0.29) is 0 Å². The van der Waals surface area contributed by atoms with Crippen LogP contribution in [-0.2, 0) is 0 Å². The van der Waals surface area contributed by atoms with Gasteiger partial charge < -0.3 is 10.2 Å². The molecule has 0 spiro atoms. The predicted octanol–water partition coefficient (Wildman–Crippen LogP) is 6.99. The van der Waals surface area contributed by atoms with Gasteiger partial charge in [-0.25, -0.2) is 0 Å². The van der Waals surface area contributed by atoms with Crippen LogP contribution in [0.5, 0.6) is 11.5 Å². The summed E-state index contributed by atoms with van der Waals surface area (Å²) >= 11 is 0. The van der Waals surface area contributed by atoms with Crippen LogP contribution < -0.4 is 0 Å². The third-order valence-corrected chi connectivity index (χ3v) is 5.34. The first-order valence-corrected chi connectivity index (χ1v) is 10.1. The topological polar surface area (TPSA) is 40.5 Å². The van der Waals surface area contributed by atoms with E-state index in [2.05, 4.69) is 19.1 Å². The molecule has 0 saturated carbocycles. The molecular formula is C24H34O2. The molecule has 0 atom stereocenters. The van der Waals surface area contributed by atoms with Crippen LogP contribution in [0.25, 0.3) is 0 Å². The first-order valence-electron chi connectivity index (χ1n) is 10.1. The van der Waals surface area contributed by atoms with Crippen molar-refractivity contribution >= 4 is 0 Å². The van der Waals surface area contributed by atoms with Gasteiger partial charge in [-0.05, 0) is 54.7 Å². The molecular weight excluding hydrogens is 320 g/mol. The quantitative estimate of drug-likeness (QED) is 0.451. The van der Waals surface area contributed by atoms with E-state index < -0.39 is 0 Å². The van der Waals surface area contributed by atoms with E-state index in [1.807, 2.05) is 26.0 Å².